The first-order valence-electron chi connectivity index (χ1n) is 5.46. The quantitative estimate of drug-likeness (QED) is 0.765. The van der Waals surface area contributed by atoms with Crippen molar-refractivity contribution in [1.82, 2.24) is 14.6 Å². The molecule has 84 valence electrons. The number of fused-ring (bicyclic) bond motifs is 1. The van der Waals surface area contributed by atoms with Crippen molar-refractivity contribution < 1.29 is 4.74 Å². The molecule has 2 N–H and O–H groups in total. The summed E-state index contributed by atoms with van der Waals surface area (Å²) < 4.78 is 7.30. The summed E-state index contributed by atoms with van der Waals surface area (Å²) in [5, 5.41) is 8.35. The Morgan fingerprint density at radius 3 is 2.88 bits per heavy atom. The van der Waals surface area contributed by atoms with Gasteiger partial charge in [-0.3, -0.25) is 4.40 Å². The van der Waals surface area contributed by atoms with Gasteiger partial charge in [0, 0.05) is 19.4 Å². The molecule has 16 heavy (non-hydrogen) atoms. The first kappa shape index (κ1) is 9.74. The summed E-state index contributed by atoms with van der Waals surface area (Å²) in [6, 6.07) is 5.84. The van der Waals surface area contributed by atoms with Crippen LogP contribution in [0.15, 0.2) is 24.4 Å². The number of ether oxygens (including phenoxy) is 1. The number of pyridine rings is 1. The molecule has 1 aliphatic heterocycles. The van der Waals surface area contributed by atoms with Crippen LogP contribution in [0.5, 0.6) is 0 Å². The Morgan fingerprint density at radius 2 is 2.06 bits per heavy atom. The lowest BCUT2D eigenvalue weighted by molar-refractivity contribution is 0.0488. The van der Waals surface area contributed by atoms with Crippen molar-refractivity contribution in [2.24, 2.45) is 5.73 Å². The van der Waals surface area contributed by atoms with Crippen LogP contribution in [0.4, 0.5) is 0 Å². The van der Waals surface area contributed by atoms with E-state index in [-0.39, 0.29) is 0 Å². The molecule has 0 aromatic carbocycles. The number of aromatic nitrogens is 3. The Labute approximate surface area is 93.2 Å². The first-order chi connectivity index (χ1) is 7.80. The minimum atomic E-state index is -0.404. The molecule has 0 saturated carbocycles. The lowest BCUT2D eigenvalue weighted by Gasteiger charge is -2.31. The molecule has 3 rings (SSSR count). The summed E-state index contributed by atoms with van der Waals surface area (Å²) >= 11 is 0. The highest BCUT2D eigenvalue weighted by Gasteiger charge is 2.34. The summed E-state index contributed by atoms with van der Waals surface area (Å²) in [6.07, 6.45) is 3.54. The van der Waals surface area contributed by atoms with Crippen molar-refractivity contribution in [3.63, 3.8) is 0 Å². The first-order valence-corrected chi connectivity index (χ1v) is 5.46. The van der Waals surface area contributed by atoms with Gasteiger partial charge in [-0.1, -0.05) is 6.07 Å². The van der Waals surface area contributed by atoms with E-state index in [9.17, 15) is 0 Å². The highest BCUT2D eigenvalue weighted by molar-refractivity contribution is 5.38. The van der Waals surface area contributed by atoms with Gasteiger partial charge in [-0.05, 0) is 25.0 Å². The topological polar surface area (TPSA) is 65.4 Å². The third kappa shape index (κ3) is 1.40. The van der Waals surface area contributed by atoms with Crippen LogP contribution in [-0.4, -0.2) is 27.8 Å². The smallest absolute Gasteiger partial charge is 0.160 e. The van der Waals surface area contributed by atoms with Crippen LogP contribution in [0.2, 0.25) is 0 Å². The maximum absolute atomic E-state index is 6.39. The Kier molecular flexibility index (Phi) is 2.15. The van der Waals surface area contributed by atoms with E-state index < -0.39 is 5.54 Å². The predicted octanol–water partition coefficient (Wildman–Crippen LogP) is 0.694. The number of nitrogens with two attached hydrogens (primary N) is 1. The summed E-state index contributed by atoms with van der Waals surface area (Å²) in [6.45, 7) is 1.39. The molecule has 1 fully saturated rings. The standard InChI is InChI=1S/C11H14N4O/c12-11(4-7-16-8-5-11)10-14-13-9-3-1-2-6-15(9)10/h1-3,6H,4-5,7-8,12H2. The molecule has 0 unspecified atom stereocenters. The van der Waals surface area contributed by atoms with E-state index in [4.69, 9.17) is 10.5 Å². The average molecular weight is 218 g/mol. The Morgan fingerprint density at radius 1 is 1.25 bits per heavy atom. The van der Waals surface area contributed by atoms with Gasteiger partial charge in [-0.2, -0.15) is 0 Å². The zero-order chi connectivity index (χ0) is 11.0. The second kappa shape index (κ2) is 3.54. The summed E-state index contributed by atoms with van der Waals surface area (Å²) in [4.78, 5) is 0. The molecule has 3 heterocycles. The van der Waals surface area contributed by atoms with Crippen molar-refractivity contribution >= 4 is 5.65 Å². The molecule has 0 radical (unpaired) electrons. The fraction of sp³-hybridized carbons (Fsp3) is 0.455. The molecule has 0 atom stereocenters. The van der Waals surface area contributed by atoms with E-state index >= 15 is 0 Å². The fourth-order valence-electron chi connectivity index (χ4n) is 2.14. The van der Waals surface area contributed by atoms with Crippen molar-refractivity contribution in [3.05, 3.63) is 30.2 Å². The minimum absolute atomic E-state index is 0.404. The Hall–Kier alpha value is -1.46. The summed E-state index contributed by atoms with van der Waals surface area (Å²) in [7, 11) is 0. The molecule has 0 bridgehead atoms. The van der Waals surface area contributed by atoms with Gasteiger partial charge in [0.15, 0.2) is 11.5 Å². The summed E-state index contributed by atoms with van der Waals surface area (Å²) in [5.74, 6) is 0.839. The van der Waals surface area contributed by atoms with E-state index in [1.807, 2.05) is 28.8 Å². The third-order valence-corrected chi connectivity index (χ3v) is 3.14. The average Bonchev–Trinajstić information content (AvgIpc) is 2.74. The van der Waals surface area contributed by atoms with Crippen LogP contribution >= 0.6 is 0 Å². The maximum atomic E-state index is 6.39. The molecule has 1 saturated heterocycles. The molecule has 5 nitrogen and oxygen atoms in total. The van der Waals surface area contributed by atoms with Crippen LogP contribution < -0.4 is 5.73 Å². The van der Waals surface area contributed by atoms with Crippen molar-refractivity contribution in [2.75, 3.05) is 13.2 Å². The Balaban J connectivity index is 2.11. The predicted molar refractivity (Wildman–Crippen MR) is 58.9 cm³/mol. The molecule has 0 amide bonds. The minimum Gasteiger partial charge on any atom is -0.381 e. The molecule has 5 heteroatoms. The number of nitrogens with zero attached hydrogens (tertiary/aromatic N) is 3. The van der Waals surface area contributed by atoms with Crippen LogP contribution in [0.1, 0.15) is 18.7 Å². The zero-order valence-corrected chi connectivity index (χ0v) is 8.97. The van der Waals surface area contributed by atoms with Gasteiger partial charge >= 0.3 is 0 Å². The largest absolute Gasteiger partial charge is 0.381 e. The number of hydrogen-bond acceptors (Lipinski definition) is 4. The molecular formula is C11H14N4O. The van der Waals surface area contributed by atoms with Crippen molar-refractivity contribution in [2.45, 2.75) is 18.4 Å². The van der Waals surface area contributed by atoms with E-state index in [0.717, 1.165) is 24.3 Å². The van der Waals surface area contributed by atoms with Gasteiger partial charge in [-0.15, -0.1) is 10.2 Å². The van der Waals surface area contributed by atoms with E-state index in [1.54, 1.807) is 0 Å². The number of hydrogen-bond donors (Lipinski definition) is 1. The molecule has 0 spiro atoms. The van der Waals surface area contributed by atoms with Crippen molar-refractivity contribution in [3.8, 4) is 0 Å². The molecule has 1 aliphatic rings. The van der Waals surface area contributed by atoms with Crippen LogP contribution in [0.3, 0.4) is 0 Å². The SMILES string of the molecule is NC1(c2nnc3ccccn23)CCOCC1. The maximum Gasteiger partial charge on any atom is 0.160 e. The normalized spacial score (nSPS) is 20.1. The summed E-state index contributed by atoms with van der Waals surface area (Å²) in [5.41, 5.74) is 6.83. The van der Waals surface area contributed by atoms with Crippen LogP contribution in [0, 0.1) is 0 Å². The third-order valence-electron chi connectivity index (χ3n) is 3.14. The molecule has 2 aromatic heterocycles. The second-order valence-electron chi connectivity index (χ2n) is 4.22. The molecule has 2 aromatic rings. The van der Waals surface area contributed by atoms with Gasteiger partial charge in [0.2, 0.25) is 0 Å². The van der Waals surface area contributed by atoms with E-state index in [0.29, 0.717) is 13.2 Å². The zero-order valence-electron chi connectivity index (χ0n) is 8.97. The number of rotatable bonds is 1. The molecular weight excluding hydrogens is 204 g/mol. The second-order valence-corrected chi connectivity index (χ2v) is 4.22. The lowest BCUT2D eigenvalue weighted by atomic mass is 9.90. The highest BCUT2D eigenvalue weighted by Crippen LogP contribution is 2.27. The van der Waals surface area contributed by atoms with Gasteiger partial charge in [-0.25, -0.2) is 0 Å². The lowest BCUT2D eigenvalue weighted by Crippen LogP contribution is -2.43. The monoisotopic (exact) mass is 218 g/mol. The van der Waals surface area contributed by atoms with Crippen LogP contribution in [-0.2, 0) is 10.3 Å². The fourth-order valence-corrected chi connectivity index (χ4v) is 2.14. The molecule has 0 aliphatic carbocycles. The van der Waals surface area contributed by atoms with Gasteiger partial charge in [0.05, 0.1) is 5.54 Å². The van der Waals surface area contributed by atoms with Gasteiger partial charge in [0.25, 0.3) is 0 Å². The van der Waals surface area contributed by atoms with Crippen molar-refractivity contribution in [1.29, 1.82) is 0 Å². The van der Waals surface area contributed by atoms with E-state index in [1.165, 1.54) is 0 Å². The highest BCUT2D eigenvalue weighted by atomic mass is 16.5. The van der Waals surface area contributed by atoms with Gasteiger partial charge < -0.3 is 10.5 Å². The Bertz CT molecular complexity index is 501. The van der Waals surface area contributed by atoms with Crippen LogP contribution in [0.25, 0.3) is 5.65 Å². The van der Waals surface area contributed by atoms with Gasteiger partial charge in [0.1, 0.15) is 0 Å². The van der Waals surface area contributed by atoms with E-state index in [2.05, 4.69) is 10.2 Å².